The van der Waals surface area contributed by atoms with Crippen molar-refractivity contribution in [2.75, 3.05) is 13.2 Å². The van der Waals surface area contributed by atoms with Gasteiger partial charge in [-0.15, -0.1) is 0 Å². The van der Waals surface area contributed by atoms with E-state index >= 15 is 0 Å². The number of hydrogen-bond acceptors (Lipinski definition) is 4. The van der Waals surface area contributed by atoms with Crippen LogP contribution in [0.5, 0.6) is 0 Å². The molecule has 0 saturated carbocycles. The number of halogens is 1. The van der Waals surface area contributed by atoms with E-state index in [0.717, 1.165) is 0 Å². The Morgan fingerprint density at radius 3 is 2.47 bits per heavy atom. The molecular weight excluding hydrogens is 227 g/mol. The minimum atomic E-state index is -1.22. The minimum Gasteiger partial charge on any atom is -0.466 e. The van der Waals surface area contributed by atoms with Crippen molar-refractivity contribution >= 4 is 5.97 Å². The maximum Gasteiger partial charge on any atom is 0.302 e. The van der Waals surface area contributed by atoms with E-state index in [1.165, 1.54) is 6.92 Å². The maximum absolute atomic E-state index is 13.9. The fourth-order valence-corrected chi connectivity index (χ4v) is 1.42. The van der Waals surface area contributed by atoms with Gasteiger partial charge in [-0.2, -0.15) is 0 Å². The second kappa shape index (κ2) is 7.61. The molecule has 5 heteroatoms. The summed E-state index contributed by atoms with van der Waals surface area (Å²) in [6.07, 6.45) is -1.56. The number of hydrogen-bond donors (Lipinski definition) is 0. The number of rotatable bonds is 8. The van der Waals surface area contributed by atoms with Crippen molar-refractivity contribution in [2.45, 2.75) is 59.1 Å². The molecule has 0 spiro atoms. The predicted molar refractivity (Wildman–Crippen MR) is 62.4 cm³/mol. The minimum absolute atomic E-state index is 0.0618. The van der Waals surface area contributed by atoms with Gasteiger partial charge in [-0.05, 0) is 27.7 Å². The van der Waals surface area contributed by atoms with Gasteiger partial charge in [0.1, 0.15) is 6.17 Å². The second-order valence-electron chi connectivity index (χ2n) is 4.34. The monoisotopic (exact) mass is 250 g/mol. The summed E-state index contributed by atoms with van der Waals surface area (Å²) in [7, 11) is 0. The summed E-state index contributed by atoms with van der Waals surface area (Å²) in [5, 5.41) is 0. The smallest absolute Gasteiger partial charge is 0.302 e. The highest BCUT2D eigenvalue weighted by Crippen LogP contribution is 2.23. The molecule has 0 amide bonds. The molecule has 0 aromatic carbocycles. The van der Waals surface area contributed by atoms with E-state index in [2.05, 4.69) is 0 Å². The van der Waals surface area contributed by atoms with Crippen LogP contribution in [0.15, 0.2) is 0 Å². The lowest BCUT2D eigenvalue weighted by atomic mass is 10.0. The van der Waals surface area contributed by atoms with Crippen LogP contribution in [-0.4, -0.2) is 37.2 Å². The maximum atomic E-state index is 13.9. The SMILES string of the molecule is CCOC(C)OC(C)(C)C(F)CCOC(C)=O. The number of ether oxygens (including phenoxy) is 3. The third kappa shape index (κ3) is 7.28. The highest BCUT2D eigenvalue weighted by Gasteiger charge is 2.32. The molecule has 0 rings (SSSR count). The van der Waals surface area contributed by atoms with Gasteiger partial charge in [0.05, 0.1) is 12.2 Å². The van der Waals surface area contributed by atoms with Gasteiger partial charge in [0.2, 0.25) is 0 Å². The Morgan fingerprint density at radius 1 is 1.41 bits per heavy atom. The van der Waals surface area contributed by atoms with Crippen molar-refractivity contribution < 1.29 is 23.4 Å². The Kier molecular flexibility index (Phi) is 7.30. The Morgan fingerprint density at radius 2 is 2.00 bits per heavy atom. The van der Waals surface area contributed by atoms with Crippen molar-refractivity contribution in [2.24, 2.45) is 0 Å². The highest BCUT2D eigenvalue weighted by atomic mass is 19.1. The van der Waals surface area contributed by atoms with Gasteiger partial charge in [-0.25, -0.2) is 4.39 Å². The van der Waals surface area contributed by atoms with Crippen LogP contribution in [0.3, 0.4) is 0 Å². The number of alkyl halides is 1. The molecule has 17 heavy (non-hydrogen) atoms. The van der Waals surface area contributed by atoms with Gasteiger partial charge < -0.3 is 14.2 Å². The Balaban J connectivity index is 4.05. The lowest BCUT2D eigenvalue weighted by Gasteiger charge is -2.31. The average Bonchev–Trinajstić information content (AvgIpc) is 2.16. The molecule has 0 aromatic heterocycles. The predicted octanol–water partition coefficient (Wildman–Crippen LogP) is 2.46. The normalized spacial score (nSPS) is 15.4. The molecule has 0 aliphatic heterocycles. The lowest BCUT2D eigenvalue weighted by Crippen LogP contribution is -2.40. The average molecular weight is 250 g/mol. The largest absolute Gasteiger partial charge is 0.466 e. The third-order valence-electron chi connectivity index (χ3n) is 2.30. The molecule has 2 unspecified atom stereocenters. The van der Waals surface area contributed by atoms with Gasteiger partial charge in [-0.3, -0.25) is 4.79 Å². The van der Waals surface area contributed by atoms with Crippen LogP contribution in [0.25, 0.3) is 0 Å². The molecule has 0 fully saturated rings. The van der Waals surface area contributed by atoms with Gasteiger partial charge in [0.15, 0.2) is 6.29 Å². The number of carbonyl (C=O) groups is 1. The molecule has 0 bridgehead atoms. The summed E-state index contributed by atoms with van der Waals surface area (Å²) in [6, 6.07) is 0. The van der Waals surface area contributed by atoms with Crippen LogP contribution in [0.2, 0.25) is 0 Å². The highest BCUT2D eigenvalue weighted by molar-refractivity contribution is 5.65. The fraction of sp³-hybridized carbons (Fsp3) is 0.917. The Bertz CT molecular complexity index is 231. The Hall–Kier alpha value is -0.680. The first kappa shape index (κ1) is 16.3. The van der Waals surface area contributed by atoms with Gasteiger partial charge in [-0.1, -0.05) is 0 Å². The zero-order chi connectivity index (χ0) is 13.5. The molecule has 0 radical (unpaired) electrons. The first-order valence-corrected chi connectivity index (χ1v) is 5.86. The summed E-state index contributed by atoms with van der Waals surface area (Å²) in [5.41, 5.74) is -0.964. The van der Waals surface area contributed by atoms with E-state index in [4.69, 9.17) is 14.2 Å². The van der Waals surface area contributed by atoms with Crippen LogP contribution in [0, 0.1) is 0 Å². The van der Waals surface area contributed by atoms with E-state index in [1.54, 1.807) is 20.8 Å². The van der Waals surface area contributed by atoms with Crippen molar-refractivity contribution in [1.82, 2.24) is 0 Å². The third-order valence-corrected chi connectivity index (χ3v) is 2.30. The zero-order valence-corrected chi connectivity index (χ0v) is 11.3. The molecule has 2 atom stereocenters. The topological polar surface area (TPSA) is 44.8 Å². The lowest BCUT2D eigenvalue weighted by molar-refractivity contribution is -0.209. The molecule has 0 aromatic rings. The standard InChI is InChI=1S/C12H23FO4/c1-6-15-10(3)17-12(4,5)11(13)7-8-16-9(2)14/h10-11H,6-8H2,1-5H3. The first-order valence-electron chi connectivity index (χ1n) is 5.86. The number of esters is 1. The molecule has 102 valence electrons. The summed E-state index contributed by atoms with van der Waals surface area (Å²) >= 11 is 0. The van der Waals surface area contributed by atoms with Crippen LogP contribution in [-0.2, 0) is 19.0 Å². The van der Waals surface area contributed by atoms with E-state index in [-0.39, 0.29) is 13.0 Å². The quantitative estimate of drug-likeness (QED) is 0.490. The Labute approximate surface area is 102 Å². The van der Waals surface area contributed by atoms with Gasteiger partial charge >= 0.3 is 5.97 Å². The van der Waals surface area contributed by atoms with Crippen molar-refractivity contribution in [1.29, 1.82) is 0 Å². The summed E-state index contributed by atoms with van der Waals surface area (Å²) < 4.78 is 29.2. The van der Waals surface area contributed by atoms with Crippen LogP contribution < -0.4 is 0 Å². The molecule has 0 saturated heterocycles. The fourth-order valence-electron chi connectivity index (χ4n) is 1.42. The van der Waals surface area contributed by atoms with Gasteiger partial charge in [0.25, 0.3) is 0 Å². The van der Waals surface area contributed by atoms with Crippen molar-refractivity contribution in [3.8, 4) is 0 Å². The number of carbonyl (C=O) groups excluding carboxylic acids is 1. The van der Waals surface area contributed by atoms with E-state index in [1.807, 2.05) is 6.92 Å². The van der Waals surface area contributed by atoms with E-state index < -0.39 is 24.0 Å². The summed E-state index contributed by atoms with van der Waals surface area (Å²) in [6.45, 7) is 8.76. The molecule has 4 nitrogen and oxygen atoms in total. The summed E-state index contributed by atoms with van der Waals surface area (Å²) in [4.78, 5) is 10.5. The first-order chi connectivity index (χ1) is 7.79. The van der Waals surface area contributed by atoms with Crippen molar-refractivity contribution in [3.63, 3.8) is 0 Å². The van der Waals surface area contributed by atoms with Crippen LogP contribution >= 0.6 is 0 Å². The molecule has 0 heterocycles. The van der Waals surface area contributed by atoms with E-state index in [0.29, 0.717) is 6.61 Å². The molecule has 0 N–H and O–H groups in total. The zero-order valence-electron chi connectivity index (χ0n) is 11.3. The van der Waals surface area contributed by atoms with Crippen LogP contribution in [0.4, 0.5) is 4.39 Å². The van der Waals surface area contributed by atoms with Crippen LogP contribution in [0.1, 0.15) is 41.0 Å². The van der Waals surface area contributed by atoms with Gasteiger partial charge in [0, 0.05) is 20.0 Å². The van der Waals surface area contributed by atoms with Crippen molar-refractivity contribution in [3.05, 3.63) is 0 Å². The second-order valence-corrected chi connectivity index (χ2v) is 4.34. The summed E-state index contributed by atoms with van der Waals surface area (Å²) in [5.74, 6) is -0.404. The molecular formula is C12H23FO4. The molecule has 0 aliphatic carbocycles. The van der Waals surface area contributed by atoms with E-state index in [9.17, 15) is 9.18 Å². The molecule has 0 aliphatic rings.